The van der Waals surface area contributed by atoms with E-state index in [0.29, 0.717) is 16.6 Å². The number of phenolic OH excluding ortho intramolecular Hbond substituents is 1. The van der Waals surface area contributed by atoms with Gasteiger partial charge >= 0.3 is 0 Å². The molecule has 0 aliphatic rings. The first-order valence-electron chi connectivity index (χ1n) is 6.31. The van der Waals surface area contributed by atoms with E-state index in [1.807, 2.05) is 12.1 Å². The molecule has 2 N–H and O–H groups in total. The van der Waals surface area contributed by atoms with Gasteiger partial charge in [-0.2, -0.15) is 0 Å². The highest BCUT2D eigenvalue weighted by Gasteiger charge is 2.09. The number of pyridine rings is 1. The first kappa shape index (κ1) is 14.5. The SMILES string of the molecule is CCc1cccnc1CNC(=O)c1ccc(Br)c(O)c1. The molecule has 0 radical (unpaired) electrons. The normalized spacial score (nSPS) is 10.3. The Kier molecular flexibility index (Phi) is 4.74. The third-order valence-corrected chi connectivity index (χ3v) is 3.66. The number of hydrogen-bond donors (Lipinski definition) is 2. The summed E-state index contributed by atoms with van der Waals surface area (Å²) in [5.41, 5.74) is 2.40. The van der Waals surface area contributed by atoms with Gasteiger partial charge in [-0.3, -0.25) is 9.78 Å². The number of nitrogens with one attached hydrogen (secondary N) is 1. The highest BCUT2D eigenvalue weighted by Crippen LogP contribution is 2.24. The molecule has 0 saturated heterocycles. The second kappa shape index (κ2) is 6.52. The summed E-state index contributed by atoms with van der Waals surface area (Å²) >= 11 is 3.18. The largest absolute Gasteiger partial charge is 0.507 e. The van der Waals surface area contributed by atoms with Crippen LogP contribution in [0.5, 0.6) is 5.75 Å². The lowest BCUT2D eigenvalue weighted by atomic mass is 10.1. The number of halogens is 1. The minimum Gasteiger partial charge on any atom is -0.507 e. The van der Waals surface area contributed by atoms with E-state index in [9.17, 15) is 9.90 Å². The zero-order chi connectivity index (χ0) is 14.5. The van der Waals surface area contributed by atoms with Crippen molar-refractivity contribution in [3.05, 3.63) is 57.8 Å². The van der Waals surface area contributed by atoms with Gasteiger partial charge < -0.3 is 10.4 Å². The maximum Gasteiger partial charge on any atom is 0.251 e. The summed E-state index contributed by atoms with van der Waals surface area (Å²) in [6.45, 7) is 2.43. The zero-order valence-corrected chi connectivity index (χ0v) is 12.6. The zero-order valence-electron chi connectivity index (χ0n) is 11.1. The van der Waals surface area contributed by atoms with Crippen LogP contribution in [0.4, 0.5) is 0 Å². The Morgan fingerprint density at radius 1 is 1.40 bits per heavy atom. The number of nitrogens with zero attached hydrogens (tertiary/aromatic N) is 1. The number of aryl methyl sites for hydroxylation is 1. The maximum atomic E-state index is 12.0. The molecular formula is C15H15BrN2O2. The summed E-state index contributed by atoms with van der Waals surface area (Å²) in [6.07, 6.45) is 2.59. The van der Waals surface area contributed by atoms with Crippen LogP contribution in [0, 0.1) is 0 Å². The Bertz CT molecular complexity index is 629. The maximum absolute atomic E-state index is 12.0. The van der Waals surface area contributed by atoms with E-state index in [-0.39, 0.29) is 11.7 Å². The van der Waals surface area contributed by atoms with Crippen molar-refractivity contribution in [1.29, 1.82) is 0 Å². The van der Waals surface area contributed by atoms with Gasteiger partial charge in [0.25, 0.3) is 5.91 Å². The smallest absolute Gasteiger partial charge is 0.251 e. The highest BCUT2D eigenvalue weighted by atomic mass is 79.9. The summed E-state index contributed by atoms with van der Waals surface area (Å²) in [4.78, 5) is 16.3. The second-order valence-electron chi connectivity index (χ2n) is 4.31. The van der Waals surface area contributed by atoms with E-state index in [0.717, 1.165) is 17.7 Å². The lowest BCUT2D eigenvalue weighted by Crippen LogP contribution is -2.23. The average molecular weight is 335 g/mol. The van der Waals surface area contributed by atoms with Crippen molar-refractivity contribution in [2.24, 2.45) is 0 Å². The van der Waals surface area contributed by atoms with Gasteiger partial charge in [0.1, 0.15) is 5.75 Å². The summed E-state index contributed by atoms with van der Waals surface area (Å²) in [6, 6.07) is 8.61. The molecule has 0 aliphatic carbocycles. The van der Waals surface area contributed by atoms with Gasteiger partial charge in [0, 0.05) is 11.8 Å². The minimum absolute atomic E-state index is 0.0460. The molecule has 1 amide bonds. The predicted molar refractivity (Wildman–Crippen MR) is 80.6 cm³/mol. The molecule has 5 heteroatoms. The molecule has 4 nitrogen and oxygen atoms in total. The summed E-state index contributed by atoms with van der Waals surface area (Å²) in [5.74, 6) is -0.190. The lowest BCUT2D eigenvalue weighted by molar-refractivity contribution is 0.0950. The Balaban J connectivity index is 2.06. The Morgan fingerprint density at radius 3 is 2.90 bits per heavy atom. The molecule has 0 atom stereocenters. The first-order valence-corrected chi connectivity index (χ1v) is 7.10. The molecular weight excluding hydrogens is 320 g/mol. The topological polar surface area (TPSA) is 62.2 Å². The number of aromatic hydroxyl groups is 1. The molecule has 0 spiro atoms. The highest BCUT2D eigenvalue weighted by molar-refractivity contribution is 9.10. The van der Waals surface area contributed by atoms with Gasteiger partial charge in [0.15, 0.2) is 0 Å². The van der Waals surface area contributed by atoms with Crippen molar-refractivity contribution < 1.29 is 9.90 Å². The fourth-order valence-electron chi connectivity index (χ4n) is 1.87. The van der Waals surface area contributed by atoms with Crippen LogP contribution in [0.1, 0.15) is 28.5 Å². The molecule has 2 aromatic rings. The van der Waals surface area contributed by atoms with Gasteiger partial charge in [-0.15, -0.1) is 0 Å². The van der Waals surface area contributed by atoms with Crippen LogP contribution in [0.15, 0.2) is 41.0 Å². The van der Waals surface area contributed by atoms with Crippen LogP contribution >= 0.6 is 15.9 Å². The number of benzene rings is 1. The van der Waals surface area contributed by atoms with Gasteiger partial charge in [-0.25, -0.2) is 0 Å². The van der Waals surface area contributed by atoms with Crippen molar-refractivity contribution in [3.63, 3.8) is 0 Å². The van der Waals surface area contributed by atoms with Crippen molar-refractivity contribution in [2.45, 2.75) is 19.9 Å². The average Bonchev–Trinajstić information content (AvgIpc) is 2.47. The number of carbonyl (C=O) groups is 1. The van der Waals surface area contributed by atoms with Crippen LogP contribution in [0.3, 0.4) is 0 Å². The quantitative estimate of drug-likeness (QED) is 0.903. The van der Waals surface area contributed by atoms with Gasteiger partial charge in [-0.1, -0.05) is 13.0 Å². The molecule has 2 rings (SSSR count). The number of hydrogen-bond acceptors (Lipinski definition) is 3. The molecule has 0 fully saturated rings. The molecule has 1 aromatic heterocycles. The number of rotatable bonds is 4. The minimum atomic E-state index is -0.236. The summed E-state index contributed by atoms with van der Waals surface area (Å²) < 4.78 is 0.562. The molecule has 20 heavy (non-hydrogen) atoms. The van der Waals surface area contributed by atoms with Crippen molar-refractivity contribution in [3.8, 4) is 5.75 Å². The van der Waals surface area contributed by atoms with E-state index in [1.54, 1.807) is 18.3 Å². The van der Waals surface area contributed by atoms with Gasteiger partial charge in [0.2, 0.25) is 0 Å². The molecule has 1 heterocycles. The lowest BCUT2D eigenvalue weighted by Gasteiger charge is -2.08. The fraction of sp³-hybridized carbons (Fsp3) is 0.200. The Hall–Kier alpha value is -1.88. The van der Waals surface area contributed by atoms with Crippen LogP contribution in [-0.4, -0.2) is 16.0 Å². The first-order chi connectivity index (χ1) is 9.61. The number of amides is 1. The van der Waals surface area contributed by atoms with Crippen molar-refractivity contribution >= 4 is 21.8 Å². The number of carbonyl (C=O) groups excluding carboxylic acids is 1. The van der Waals surface area contributed by atoms with E-state index >= 15 is 0 Å². The predicted octanol–water partition coefficient (Wildman–Crippen LogP) is 3.04. The Labute approximate surface area is 126 Å². The van der Waals surface area contributed by atoms with Crippen LogP contribution < -0.4 is 5.32 Å². The van der Waals surface area contributed by atoms with Gasteiger partial charge in [-0.05, 0) is 52.2 Å². The summed E-state index contributed by atoms with van der Waals surface area (Å²) in [7, 11) is 0. The van der Waals surface area contributed by atoms with Gasteiger partial charge in [0.05, 0.1) is 16.7 Å². The molecule has 0 saturated carbocycles. The molecule has 1 aromatic carbocycles. The fourth-order valence-corrected chi connectivity index (χ4v) is 2.12. The van der Waals surface area contributed by atoms with Crippen molar-refractivity contribution in [2.75, 3.05) is 0 Å². The van der Waals surface area contributed by atoms with Crippen LogP contribution in [0.25, 0.3) is 0 Å². The van der Waals surface area contributed by atoms with Crippen molar-refractivity contribution in [1.82, 2.24) is 10.3 Å². The summed E-state index contributed by atoms with van der Waals surface area (Å²) in [5, 5.41) is 12.4. The standard InChI is InChI=1S/C15H15BrN2O2/c1-2-10-4-3-7-17-13(10)9-18-15(20)11-5-6-12(16)14(19)8-11/h3-8,19H,2,9H2,1H3,(H,18,20). The van der Waals surface area contributed by atoms with E-state index in [2.05, 4.69) is 33.2 Å². The molecule has 0 aliphatic heterocycles. The number of aromatic nitrogens is 1. The Morgan fingerprint density at radius 2 is 2.20 bits per heavy atom. The number of phenols is 1. The van der Waals surface area contributed by atoms with E-state index in [1.165, 1.54) is 6.07 Å². The van der Waals surface area contributed by atoms with E-state index < -0.39 is 0 Å². The molecule has 104 valence electrons. The van der Waals surface area contributed by atoms with E-state index in [4.69, 9.17) is 0 Å². The third kappa shape index (κ3) is 3.36. The molecule has 0 bridgehead atoms. The van der Waals surface area contributed by atoms with Crippen LogP contribution in [-0.2, 0) is 13.0 Å². The van der Waals surface area contributed by atoms with Crippen LogP contribution in [0.2, 0.25) is 0 Å². The second-order valence-corrected chi connectivity index (χ2v) is 5.17. The third-order valence-electron chi connectivity index (χ3n) is 2.99. The molecule has 0 unspecified atom stereocenters. The monoisotopic (exact) mass is 334 g/mol.